The molecule has 0 bridgehead atoms. The number of ether oxygens (including phenoxy) is 2. The molecule has 4 nitrogen and oxygen atoms in total. The molecule has 0 saturated carbocycles. The molecule has 0 aliphatic rings. The van der Waals surface area contributed by atoms with Crippen LogP contribution in [0.4, 0.5) is 26.3 Å². The van der Waals surface area contributed by atoms with Crippen molar-refractivity contribution in [3.63, 3.8) is 0 Å². The molecule has 0 saturated heterocycles. The van der Waals surface area contributed by atoms with E-state index in [4.69, 9.17) is 0 Å². The van der Waals surface area contributed by atoms with Crippen molar-refractivity contribution in [3.8, 4) is 5.88 Å². The molecule has 0 aromatic carbocycles. The first-order valence-electron chi connectivity index (χ1n) is 5.59. The molecular formula is C11H8BrF6NO3. The number of halogens is 7. The minimum atomic E-state index is -5.25. The van der Waals surface area contributed by atoms with Crippen molar-refractivity contribution in [1.29, 1.82) is 0 Å². The van der Waals surface area contributed by atoms with Gasteiger partial charge in [0.05, 0.1) is 12.2 Å². The van der Waals surface area contributed by atoms with E-state index in [0.29, 0.717) is 0 Å². The minimum Gasteiger partial charge on any atom is -0.461 e. The highest BCUT2D eigenvalue weighted by molar-refractivity contribution is 9.08. The lowest BCUT2D eigenvalue weighted by atomic mass is 10.1. The van der Waals surface area contributed by atoms with Crippen molar-refractivity contribution in [2.24, 2.45) is 0 Å². The second-order valence-electron chi connectivity index (χ2n) is 3.73. The van der Waals surface area contributed by atoms with Crippen molar-refractivity contribution in [1.82, 2.24) is 4.98 Å². The number of pyridine rings is 1. The third kappa shape index (κ3) is 4.75. The average molecular weight is 396 g/mol. The lowest BCUT2D eigenvalue weighted by Gasteiger charge is -2.16. The van der Waals surface area contributed by atoms with Crippen molar-refractivity contribution in [2.75, 3.05) is 6.61 Å². The minimum absolute atomic E-state index is 0.0762. The van der Waals surface area contributed by atoms with Gasteiger partial charge in [-0.3, -0.25) is 0 Å². The van der Waals surface area contributed by atoms with Crippen LogP contribution in [0.1, 0.15) is 28.5 Å². The van der Waals surface area contributed by atoms with Gasteiger partial charge in [-0.2, -0.15) is 13.2 Å². The van der Waals surface area contributed by atoms with Gasteiger partial charge < -0.3 is 9.47 Å². The summed E-state index contributed by atoms with van der Waals surface area (Å²) in [6, 6.07) is 0.0762. The van der Waals surface area contributed by atoms with Crippen LogP contribution in [0.2, 0.25) is 0 Å². The fraction of sp³-hybridized carbons (Fsp3) is 0.455. The van der Waals surface area contributed by atoms with Gasteiger partial charge in [0.1, 0.15) is 0 Å². The normalized spacial score (nSPS) is 12.2. The number of carbonyl (C=O) groups excluding carboxylic acids is 1. The van der Waals surface area contributed by atoms with Gasteiger partial charge in [0.2, 0.25) is 5.88 Å². The fourth-order valence-corrected chi connectivity index (χ4v) is 2.04. The van der Waals surface area contributed by atoms with E-state index in [-0.39, 0.29) is 12.7 Å². The zero-order valence-corrected chi connectivity index (χ0v) is 12.4. The van der Waals surface area contributed by atoms with E-state index in [1.165, 1.54) is 6.92 Å². The van der Waals surface area contributed by atoms with Crippen molar-refractivity contribution >= 4 is 21.9 Å². The number of esters is 1. The molecule has 1 rings (SSSR count). The quantitative estimate of drug-likeness (QED) is 0.438. The molecule has 1 heterocycles. The predicted octanol–water partition coefficient (Wildman–Crippen LogP) is 4.07. The van der Waals surface area contributed by atoms with Crippen LogP contribution in [0.3, 0.4) is 0 Å². The third-order valence-corrected chi connectivity index (χ3v) is 2.79. The van der Waals surface area contributed by atoms with E-state index < -0.39 is 46.5 Å². The number of hydrogen-bond acceptors (Lipinski definition) is 4. The van der Waals surface area contributed by atoms with Crippen molar-refractivity contribution in [3.05, 3.63) is 22.9 Å². The van der Waals surface area contributed by atoms with E-state index in [1.54, 1.807) is 0 Å². The molecule has 0 fully saturated rings. The van der Waals surface area contributed by atoms with E-state index in [0.717, 1.165) is 0 Å². The molecule has 0 spiro atoms. The van der Waals surface area contributed by atoms with Crippen molar-refractivity contribution in [2.45, 2.75) is 24.8 Å². The standard InChI is InChI=1S/C11H8BrF6NO3/c1-2-21-9(20)8-5(4-12)6(10(13,14)15)3-7(19-8)22-11(16,17)18/h3H,2,4H2,1H3. The summed E-state index contributed by atoms with van der Waals surface area (Å²) in [6.45, 7) is 1.19. The monoisotopic (exact) mass is 395 g/mol. The van der Waals surface area contributed by atoms with Gasteiger partial charge in [0.15, 0.2) is 5.69 Å². The first kappa shape index (κ1) is 18.5. The maximum atomic E-state index is 12.9. The van der Waals surface area contributed by atoms with Gasteiger partial charge in [0, 0.05) is 17.0 Å². The Morgan fingerprint density at radius 1 is 1.27 bits per heavy atom. The highest BCUT2D eigenvalue weighted by atomic mass is 79.9. The molecule has 1 aromatic heterocycles. The Balaban J connectivity index is 3.51. The summed E-state index contributed by atoms with van der Waals surface area (Å²) < 4.78 is 83.2. The van der Waals surface area contributed by atoms with Gasteiger partial charge >= 0.3 is 18.5 Å². The molecule has 0 aliphatic heterocycles. The Hall–Kier alpha value is -1.52. The Kier molecular flexibility index (Phi) is 5.65. The molecule has 11 heteroatoms. The molecule has 0 atom stereocenters. The summed E-state index contributed by atoms with van der Waals surface area (Å²) in [4.78, 5) is 14.8. The molecule has 22 heavy (non-hydrogen) atoms. The van der Waals surface area contributed by atoms with Crippen LogP contribution in [0.5, 0.6) is 5.88 Å². The number of rotatable bonds is 4. The SMILES string of the molecule is CCOC(=O)c1nc(OC(F)(F)F)cc(C(F)(F)F)c1CBr. The third-order valence-electron chi connectivity index (χ3n) is 2.23. The Morgan fingerprint density at radius 2 is 1.86 bits per heavy atom. The first-order valence-corrected chi connectivity index (χ1v) is 6.71. The Bertz CT molecular complexity index is 558. The Labute approximate surface area is 128 Å². The smallest absolute Gasteiger partial charge is 0.461 e. The van der Waals surface area contributed by atoms with E-state index in [1.807, 2.05) is 0 Å². The summed E-state index contributed by atoms with van der Waals surface area (Å²) >= 11 is 2.75. The molecule has 0 aliphatic carbocycles. The average Bonchev–Trinajstić information content (AvgIpc) is 2.35. The second kappa shape index (κ2) is 6.71. The summed E-state index contributed by atoms with van der Waals surface area (Å²) in [7, 11) is 0. The van der Waals surface area contributed by atoms with Crippen LogP contribution in [-0.2, 0) is 16.2 Å². The lowest BCUT2D eigenvalue weighted by molar-refractivity contribution is -0.276. The van der Waals surface area contributed by atoms with E-state index in [9.17, 15) is 31.1 Å². The zero-order chi connectivity index (χ0) is 17.1. The first-order chi connectivity index (χ1) is 9.99. The summed E-state index contributed by atoms with van der Waals surface area (Å²) in [5, 5.41) is -0.463. The summed E-state index contributed by atoms with van der Waals surface area (Å²) in [5.41, 5.74) is -3.00. The van der Waals surface area contributed by atoms with Gasteiger partial charge in [-0.15, -0.1) is 13.2 Å². The Morgan fingerprint density at radius 3 is 2.27 bits per heavy atom. The lowest BCUT2D eigenvalue weighted by Crippen LogP contribution is -2.22. The van der Waals surface area contributed by atoms with Gasteiger partial charge in [-0.05, 0) is 6.92 Å². The topological polar surface area (TPSA) is 48.4 Å². The van der Waals surface area contributed by atoms with Crippen LogP contribution in [0.25, 0.3) is 0 Å². The van der Waals surface area contributed by atoms with Crippen LogP contribution in [0.15, 0.2) is 6.07 Å². The number of alkyl halides is 7. The molecule has 0 radical (unpaired) electrons. The second-order valence-corrected chi connectivity index (χ2v) is 4.30. The highest BCUT2D eigenvalue weighted by Gasteiger charge is 2.39. The van der Waals surface area contributed by atoms with Gasteiger partial charge in [0.25, 0.3) is 0 Å². The molecule has 124 valence electrons. The van der Waals surface area contributed by atoms with Crippen LogP contribution >= 0.6 is 15.9 Å². The molecule has 1 aromatic rings. The van der Waals surface area contributed by atoms with Crippen LogP contribution in [0, 0.1) is 0 Å². The maximum Gasteiger partial charge on any atom is 0.574 e. The summed E-state index contributed by atoms with van der Waals surface area (Å²) in [5.74, 6) is -2.68. The van der Waals surface area contributed by atoms with Crippen LogP contribution in [-0.4, -0.2) is 23.9 Å². The number of hydrogen-bond donors (Lipinski definition) is 0. The van der Waals surface area contributed by atoms with E-state index in [2.05, 4.69) is 30.4 Å². The largest absolute Gasteiger partial charge is 0.574 e. The predicted molar refractivity (Wildman–Crippen MR) is 64.5 cm³/mol. The van der Waals surface area contributed by atoms with Gasteiger partial charge in [-0.25, -0.2) is 9.78 Å². The maximum absolute atomic E-state index is 12.9. The zero-order valence-electron chi connectivity index (χ0n) is 10.8. The molecule has 0 N–H and O–H groups in total. The fourth-order valence-electron chi connectivity index (χ4n) is 1.48. The number of aromatic nitrogens is 1. The van der Waals surface area contributed by atoms with Crippen LogP contribution < -0.4 is 4.74 Å². The number of carbonyl (C=O) groups is 1. The molecule has 0 amide bonds. The number of nitrogens with zero attached hydrogens (tertiary/aromatic N) is 1. The molecular weight excluding hydrogens is 388 g/mol. The molecule has 0 unspecified atom stereocenters. The van der Waals surface area contributed by atoms with Crippen molar-refractivity contribution < 1.29 is 40.6 Å². The van der Waals surface area contributed by atoms with E-state index >= 15 is 0 Å². The summed E-state index contributed by atoms with van der Waals surface area (Å²) in [6.07, 6.45) is -10.3. The highest BCUT2D eigenvalue weighted by Crippen LogP contribution is 2.37. The van der Waals surface area contributed by atoms with Gasteiger partial charge in [-0.1, -0.05) is 15.9 Å².